The van der Waals surface area contributed by atoms with Crippen molar-refractivity contribution in [3.8, 4) is 11.3 Å². The summed E-state index contributed by atoms with van der Waals surface area (Å²) in [6.07, 6.45) is 6.00. The second-order valence-electron chi connectivity index (χ2n) is 6.28. The largest absolute Gasteiger partial charge is 0.441 e. The summed E-state index contributed by atoms with van der Waals surface area (Å²) in [5.74, 6) is 1.74. The maximum atomic E-state index is 12.4. The Bertz CT molecular complexity index is 664. The molecule has 3 rings (SSSR count). The zero-order valence-electron chi connectivity index (χ0n) is 15.0. The van der Waals surface area contributed by atoms with Crippen molar-refractivity contribution in [1.82, 2.24) is 15.2 Å². The molecule has 1 fully saturated rings. The van der Waals surface area contributed by atoms with Crippen molar-refractivity contribution in [3.63, 3.8) is 0 Å². The van der Waals surface area contributed by atoms with E-state index in [1.165, 1.54) is 0 Å². The number of likely N-dealkylation sites (N-methyl/N-ethyl adjacent to an activating group) is 1. The van der Waals surface area contributed by atoms with Gasteiger partial charge in [-0.1, -0.05) is 30.3 Å². The van der Waals surface area contributed by atoms with E-state index in [0.717, 1.165) is 43.7 Å². The van der Waals surface area contributed by atoms with E-state index in [0.29, 0.717) is 24.8 Å². The highest BCUT2D eigenvalue weighted by Crippen LogP contribution is 2.21. The van der Waals surface area contributed by atoms with E-state index in [4.69, 9.17) is 4.42 Å². The summed E-state index contributed by atoms with van der Waals surface area (Å²) < 4.78 is 5.79. The topological polar surface area (TPSA) is 58.4 Å². The standard InChI is InChI=1S/C19H25N3O2.2ClH/c1-20-13-16-9-6-12-22(16)19(23)11-5-10-18-21-14-17(24-18)15-7-3-2-4-8-15;;/h2-4,7-8,14,16,20H,5-6,9-13H2,1H3;2*1H. The third-order valence-corrected chi connectivity index (χ3v) is 4.53. The first-order valence-corrected chi connectivity index (χ1v) is 8.72. The van der Waals surface area contributed by atoms with E-state index in [1.807, 2.05) is 42.3 Å². The zero-order chi connectivity index (χ0) is 16.8. The van der Waals surface area contributed by atoms with E-state index in [1.54, 1.807) is 6.20 Å². The third-order valence-electron chi connectivity index (χ3n) is 4.53. The third kappa shape index (κ3) is 5.73. The van der Waals surface area contributed by atoms with Gasteiger partial charge in [0.05, 0.1) is 6.20 Å². The molecule has 144 valence electrons. The number of nitrogens with zero attached hydrogens (tertiary/aromatic N) is 2. The van der Waals surface area contributed by atoms with Crippen LogP contribution in [0.5, 0.6) is 0 Å². The number of likely N-dealkylation sites (tertiary alicyclic amines) is 1. The van der Waals surface area contributed by atoms with Crippen LogP contribution in [0.3, 0.4) is 0 Å². The number of aromatic nitrogens is 1. The lowest BCUT2D eigenvalue weighted by Gasteiger charge is -2.24. The predicted molar refractivity (Wildman–Crippen MR) is 108 cm³/mol. The molecule has 1 N–H and O–H groups in total. The lowest BCUT2D eigenvalue weighted by Crippen LogP contribution is -2.40. The Balaban J connectivity index is 0.00000169. The molecule has 5 nitrogen and oxygen atoms in total. The highest BCUT2D eigenvalue weighted by molar-refractivity contribution is 5.85. The highest BCUT2D eigenvalue weighted by Gasteiger charge is 2.27. The van der Waals surface area contributed by atoms with Crippen LogP contribution in [0.4, 0.5) is 0 Å². The van der Waals surface area contributed by atoms with Gasteiger partial charge >= 0.3 is 0 Å². The van der Waals surface area contributed by atoms with Crippen LogP contribution >= 0.6 is 24.8 Å². The van der Waals surface area contributed by atoms with Gasteiger partial charge in [-0.15, -0.1) is 24.8 Å². The van der Waals surface area contributed by atoms with Gasteiger partial charge in [0.1, 0.15) is 0 Å². The van der Waals surface area contributed by atoms with Crippen molar-refractivity contribution in [2.45, 2.75) is 38.1 Å². The fourth-order valence-electron chi connectivity index (χ4n) is 3.31. The smallest absolute Gasteiger partial charge is 0.222 e. The van der Waals surface area contributed by atoms with Crippen molar-refractivity contribution in [2.24, 2.45) is 0 Å². The fraction of sp³-hybridized carbons (Fsp3) is 0.474. The molecule has 1 saturated heterocycles. The molecular formula is C19H27Cl2N3O2. The molecule has 0 aliphatic carbocycles. The summed E-state index contributed by atoms with van der Waals surface area (Å²) >= 11 is 0. The average Bonchev–Trinajstić information content (AvgIpc) is 3.25. The number of oxazole rings is 1. The van der Waals surface area contributed by atoms with Crippen LogP contribution in [0.25, 0.3) is 11.3 Å². The normalized spacial score (nSPS) is 16.0. The maximum Gasteiger partial charge on any atom is 0.222 e. The Hall–Kier alpha value is -1.56. The van der Waals surface area contributed by atoms with Gasteiger partial charge in [0.25, 0.3) is 0 Å². The van der Waals surface area contributed by atoms with Gasteiger partial charge in [-0.25, -0.2) is 4.98 Å². The molecule has 2 aromatic rings. The van der Waals surface area contributed by atoms with Crippen molar-refractivity contribution in [2.75, 3.05) is 20.1 Å². The van der Waals surface area contributed by atoms with Crippen LogP contribution in [0.1, 0.15) is 31.6 Å². The van der Waals surface area contributed by atoms with E-state index in [-0.39, 0.29) is 30.7 Å². The number of hydrogen-bond acceptors (Lipinski definition) is 4. The Morgan fingerprint density at radius 2 is 2.08 bits per heavy atom. The predicted octanol–water partition coefficient (Wildman–Crippen LogP) is 3.72. The summed E-state index contributed by atoms with van der Waals surface area (Å²) in [5.41, 5.74) is 1.03. The van der Waals surface area contributed by atoms with Crippen molar-refractivity contribution < 1.29 is 9.21 Å². The van der Waals surface area contributed by atoms with Crippen LogP contribution in [0.2, 0.25) is 0 Å². The molecular weight excluding hydrogens is 373 g/mol. The molecule has 1 atom stereocenters. The minimum atomic E-state index is 0. The van der Waals surface area contributed by atoms with Crippen LogP contribution in [-0.4, -0.2) is 42.0 Å². The molecule has 0 spiro atoms. The van der Waals surface area contributed by atoms with Crippen LogP contribution in [-0.2, 0) is 11.2 Å². The molecule has 1 aromatic carbocycles. The number of amides is 1. The molecule has 2 heterocycles. The van der Waals surface area contributed by atoms with Crippen LogP contribution in [0, 0.1) is 0 Å². The van der Waals surface area contributed by atoms with Gasteiger partial charge in [-0.05, 0) is 26.3 Å². The Morgan fingerprint density at radius 3 is 2.81 bits per heavy atom. The van der Waals surface area contributed by atoms with Crippen LogP contribution in [0.15, 0.2) is 40.9 Å². The van der Waals surface area contributed by atoms with Gasteiger partial charge in [-0.2, -0.15) is 0 Å². The average molecular weight is 400 g/mol. The van der Waals surface area contributed by atoms with Gasteiger partial charge in [0.15, 0.2) is 11.7 Å². The first kappa shape index (κ1) is 22.5. The van der Waals surface area contributed by atoms with Gasteiger partial charge in [0.2, 0.25) is 5.91 Å². The van der Waals surface area contributed by atoms with Gasteiger partial charge in [0, 0.05) is 37.5 Å². The molecule has 1 amide bonds. The Kier molecular flexibility index (Phi) is 9.70. The molecule has 1 unspecified atom stereocenters. The number of hydrogen-bond donors (Lipinski definition) is 1. The molecule has 7 heteroatoms. The molecule has 0 bridgehead atoms. The van der Waals surface area contributed by atoms with E-state index in [9.17, 15) is 4.79 Å². The zero-order valence-corrected chi connectivity index (χ0v) is 16.7. The number of carbonyl (C=O) groups is 1. The SMILES string of the molecule is CNCC1CCCN1C(=O)CCCc1ncc(-c2ccccc2)o1.Cl.Cl. The van der Waals surface area contributed by atoms with Gasteiger partial charge < -0.3 is 14.6 Å². The molecule has 26 heavy (non-hydrogen) atoms. The summed E-state index contributed by atoms with van der Waals surface area (Å²) in [5, 5.41) is 3.18. The highest BCUT2D eigenvalue weighted by atomic mass is 35.5. The molecule has 0 radical (unpaired) electrons. The Morgan fingerprint density at radius 1 is 1.31 bits per heavy atom. The molecule has 1 aliphatic rings. The number of carbonyl (C=O) groups excluding carboxylic acids is 1. The Labute approximate surface area is 167 Å². The summed E-state index contributed by atoms with van der Waals surface area (Å²) in [6, 6.07) is 10.3. The number of halogens is 2. The fourth-order valence-corrected chi connectivity index (χ4v) is 3.31. The van der Waals surface area contributed by atoms with E-state index in [2.05, 4.69) is 10.3 Å². The van der Waals surface area contributed by atoms with E-state index >= 15 is 0 Å². The van der Waals surface area contributed by atoms with E-state index < -0.39 is 0 Å². The maximum absolute atomic E-state index is 12.4. The lowest BCUT2D eigenvalue weighted by molar-refractivity contribution is -0.132. The van der Waals surface area contributed by atoms with Gasteiger partial charge in [-0.3, -0.25) is 4.79 Å². The number of aryl methyl sites for hydroxylation is 1. The second kappa shape index (κ2) is 11.2. The molecule has 0 saturated carbocycles. The minimum absolute atomic E-state index is 0. The molecule has 1 aliphatic heterocycles. The number of nitrogens with one attached hydrogen (secondary N) is 1. The monoisotopic (exact) mass is 399 g/mol. The van der Waals surface area contributed by atoms with Crippen LogP contribution < -0.4 is 5.32 Å². The minimum Gasteiger partial charge on any atom is -0.441 e. The first-order chi connectivity index (χ1) is 11.8. The number of rotatable bonds is 7. The summed E-state index contributed by atoms with van der Waals surface area (Å²) in [6.45, 7) is 1.77. The second-order valence-corrected chi connectivity index (χ2v) is 6.28. The quantitative estimate of drug-likeness (QED) is 0.770. The summed E-state index contributed by atoms with van der Waals surface area (Å²) in [7, 11) is 1.94. The van der Waals surface area contributed by atoms with Crippen molar-refractivity contribution in [3.05, 3.63) is 42.4 Å². The van der Waals surface area contributed by atoms with Crippen molar-refractivity contribution >= 4 is 30.7 Å². The number of benzene rings is 1. The summed E-state index contributed by atoms with van der Waals surface area (Å²) in [4.78, 5) is 18.8. The van der Waals surface area contributed by atoms with Crippen molar-refractivity contribution in [1.29, 1.82) is 0 Å². The lowest BCUT2D eigenvalue weighted by atomic mass is 10.2. The first-order valence-electron chi connectivity index (χ1n) is 8.72. The molecule has 1 aromatic heterocycles.